The molecule has 1 fully saturated rings. The monoisotopic (exact) mass is 306 g/mol. The highest BCUT2D eigenvalue weighted by atomic mass is 16.6. The van der Waals surface area contributed by atoms with Crippen LogP contribution >= 0.6 is 0 Å². The number of nitrogens with zero attached hydrogens (tertiary/aromatic N) is 2. The molecule has 9 heteroatoms. The van der Waals surface area contributed by atoms with Crippen LogP contribution in [0.1, 0.15) is 6.23 Å². The van der Waals surface area contributed by atoms with Crippen LogP contribution in [0.4, 0.5) is 5.95 Å². The van der Waals surface area contributed by atoms with E-state index >= 15 is 0 Å². The van der Waals surface area contributed by atoms with Crippen molar-refractivity contribution in [2.24, 2.45) is 0 Å². The fraction of sp³-hybridized carbons (Fsp3) is 0.385. The maximum absolute atomic E-state index is 11.8. The first-order valence-corrected chi connectivity index (χ1v) is 6.42. The Morgan fingerprint density at radius 2 is 2.32 bits per heavy atom. The molecule has 0 aliphatic carbocycles. The summed E-state index contributed by atoms with van der Waals surface area (Å²) in [5.74, 6) is 2.06. The molecule has 0 amide bonds. The first-order valence-electron chi connectivity index (χ1n) is 6.42. The average Bonchev–Trinajstić information content (AvgIpc) is 3.01. The second-order valence-electron chi connectivity index (χ2n) is 5.05. The Hall–Kier alpha value is -2.38. The van der Waals surface area contributed by atoms with E-state index < -0.39 is 36.2 Å². The van der Waals surface area contributed by atoms with Crippen molar-refractivity contribution in [3.8, 4) is 12.3 Å². The van der Waals surface area contributed by atoms with Crippen molar-refractivity contribution < 1.29 is 20.1 Å². The average molecular weight is 306 g/mol. The lowest BCUT2D eigenvalue weighted by molar-refractivity contribution is -0.0909. The fourth-order valence-corrected chi connectivity index (χ4v) is 2.57. The van der Waals surface area contributed by atoms with Crippen LogP contribution in [0.5, 0.6) is 0 Å². The van der Waals surface area contributed by atoms with E-state index in [9.17, 15) is 20.1 Å². The number of terminal acetylenes is 1. The number of nitrogens with two attached hydrogens (primary N) is 1. The van der Waals surface area contributed by atoms with Gasteiger partial charge in [-0.15, -0.1) is 6.42 Å². The van der Waals surface area contributed by atoms with E-state index in [1.54, 1.807) is 0 Å². The molecule has 0 radical (unpaired) electrons. The molecule has 116 valence electrons. The van der Waals surface area contributed by atoms with Gasteiger partial charge in [-0.3, -0.25) is 9.78 Å². The predicted octanol–water partition coefficient (Wildman–Crippen LogP) is -2.08. The van der Waals surface area contributed by atoms with Crippen LogP contribution in [-0.2, 0) is 4.74 Å². The number of aliphatic hydroxyl groups excluding tert-OH is 3. The maximum Gasteiger partial charge on any atom is 0.261 e. The van der Waals surface area contributed by atoms with Crippen LogP contribution in [0.25, 0.3) is 11.0 Å². The number of hydrogen-bond donors (Lipinski definition) is 5. The third-order valence-corrected chi connectivity index (χ3v) is 3.78. The predicted molar refractivity (Wildman–Crippen MR) is 75.6 cm³/mol. The molecule has 1 aliphatic rings. The van der Waals surface area contributed by atoms with Crippen LogP contribution in [0.15, 0.2) is 17.1 Å². The molecular formula is C13H14N4O5. The first kappa shape index (κ1) is 14.6. The molecule has 3 heterocycles. The molecule has 6 N–H and O–H groups in total. The molecule has 22 heavy (non-hydrogen) atoms. The van der Waals surface area contributed by atoms with Crippen molar-refractivity contribution in [3.05, 3.63) is 22.6 Å². The molecule has 2 aromatic rings. The third kappa shape index (κ3) is 1.83. The molecular weight excluding hydrogens is 292 g/mol. The zero-order chi connectivity index (χ0) is 16.1. The highest BCUT2D eigenvalue weighted by Gasteiger charge is 2.54. The lowest BCUT2D eigenvalue weighted by Crippen LogP contribution is -2.44. The van der Waals surface area contributed by atoms with Gasteiger partial charge in [-0.05, 0) is 6.07 Å². The Labute approximate surface area is 124 Å². The lowest BCUT2D eigenvalue weighted by Gasteiger charge is -2.23. The standard InChI is InChI=1S/C13H14N4O5/c1-2-13(5-18)8(20)7(19)11(22-13)17-4-3-6-9(17)15-12(14)16-10(6)21/h1,3-4,7-8,11,18-20H,5H2,(H3,14,15,16,21)/t7-,8?,11+,13+/m0/s1. The molecule has 0 aromatic carbocycles. The molecule has 0 spiro atoms. The summed E-state index contributed by atoms with van der Waals surface area (Å²) in [5, 5.41) is 29.9. The van der Waals surface area contributed by atoms with Gasteiger partial charge in [0.15, 0.2) is 17.5 Å². The summed E-state index contributed by atoms with van der Waals surface area (Å²) >= 11 is 0. The third-order valence-electron chi connectivity index (χ3n) is 3.78. The van der Waals surface area contributed by atoms with Gasteiger partial charge >= 0.3 is 0 Å². The highest BCUT2D eigenvalue weighted by molar-refractivity contribution is 5.76. The first-order chi connectivity index (χ1) is 10.4. The van der Waals surface area contributed by atoms with E-state index in [1.807, 2.05) is 0 Å². The van der Waals surface area contributed by atoms with Crippen molar-refractivity contribution in [3.63, 3.8) is 0 Å². The van der Waals surface area contributed by atoms with Crippen LogP contribution in [0.3, 0.4) is 0 Å². The van der Waals surface area contributed by atoms with Crippen molar-refractivity contribution >= 4 is 17.0 Å². The maximum atomic E-state index is 11.8. The number of aliphatic hydroxyl groups is 3. The minimum atomic E-state index is -1.73. The van der Waals surface area contributed by atoms with Crippen LogP contribution in [-0.4, -0.2) is 54.3 Å². The van der Waals surface area contributed by atoms with Crippen molar-refractivity contribution in [1.29, 1.82) is 0 Å². The van der Waals surface area contributed by atoms with Gasteiger partial charge in [0.2, 0.25) is 5.95 Å². The Kier molecular flexibility index (Phi) is 3.19. The summed E-state index contributed by atoms with van der Waals surface area (Å²) in [7, 11) is 0. The van der Waals surface area contributed by atoms with E-state index in [1.165, 1.54) is 16.8 Å². The summed E-state index contributed by atoms with van der Waals surface area (Å²) in [5.41, 5.74) is 3.51. The number of aromatic nitrogens is 3. The van der Waals surface area contributed by atoms with E-state index in [2.05, 4.69) is 15.9 Å². The normalized spacial score (nSPS) is 31.5. The van der Waals surface area contributed by atoms with Crippen LogP contribution in [0.2, 0.25) is 0 Å². The zero-order valence-electron chi connectivity index (χ0n) is 11.3. The molecule has 3 rings (SSSR count). The molecule has 9 nitrogen and oxygen atoms in total. The van der Waals surface area contributed by atoms with Crippen molar-refractivity contribution in [2.45, 2.75) is 24.0 Å². The quantitative estimate of drug-likeness (QED) is 0.400. The number of rotatable bonds is 2. The number of anilines is 1. The van der Waals surface area contributed by atoms with Gasteiger partial charge < -0.3 is 30.4 Å². The number of ether oxygens (including phenoxy) is 1. The van der Waals surface area contributed by atoms with Gasteiger partial charge in [-0.1, -0.05) is 5.92 Å². The summed E-state index contributed by atoms with van der Waals surface area (Å²) < 4.78 is 6.82. The molecule has 0 saturated carbocycles. The smallest absolute Gasteiger partial charge is 0.261 e. The van der Waals surface area contributed by atoms with Crippen LogP contribution < -0.4 is 11.3 Å². The molecule has 0 bridgehead atoms. The van der Waals surface area contributed by atoms with Gasteiger partial charge in [-0.25, -0.2) is 0 Å². The molecule has 1 aliphatic heterocycles. The number of hydrogen-bond acceptors (Lipinski definition) is 7. The number of H-pyrrole nitrogens is 1. The second kappa shape index (κ2) is 4.82. The van der Waals surface area contributed by atoms with Gasteiger partial charge in [0, 0.05) is 6.20 Å². The van der Waals surface area contributed by atoms with E-state index in [4.69, 9.17) is 16.9 Å². The molecule has 1 unspecified atom stereocenters. The molecule has 4 atom stereocenters. The zero-order valence-corrected chi connectivity index (χ0v) is 11.3. The Balaban J connectivity index is 2.13. The van der Waals surface area contributed by atoms with Crippen LogP contribution in [0, 0.1) is 12.3 Å². The SMILES string of the molecule is C#C[C@]1(CO)O[C@@H](n2ccc3c(=O)[nH]c(N)nc32)[C@@H](O)C1O. The summed E-state index contributed by atoms with van der Waals surface area (Å²) in [4.78, 5) is 18.1. The summed E-state index contributed by atoms with van der Waals surface area (Å²) in [6.07, 6.45) is 2.73. The number of nitrogens with one attached hydrogen (secondary N) is 1. The minimum absolute atomic E-state index is 0.101. The van der Waals surface area contributed by atoms with E-state index in [0.717, 1.165) is 0 Å². The summed E-state index contributed by atoms with van der Waals surface area (Å²) in [6.45, 7) is -0.673. The Morgan fingerprint density at radius 3 is 2.91 bits per heavy atom. The van der Waals surface area contributed by atoms with Crippen molar-refractivity contribution in [2.75, 3.05) is 12.3 Å². The van der Waals surface area contributed by atoms with Gasteiger partial charge in [0.25, 0.3) is 5.56 Å². The lowest BCUT2D eigenvalue weighted by atomic mass is 9.97. The molecule has 2 aromatic heterocycles. The molecule has 1 saturated heterocycles. The summed E-state index contributed by atoms with van der Waals surface area (Å²) in [6, 6.07) is 1.47. The van der Waals surface area contributed by atoms with Gasteiger partial charge in [0.05, 0.1) is 12.0 Å². The number of aromatic amines is 1. The Morgan fingerprint density at radius 1 is 1.59 bits per heavy atom. The highest BCUT2D eigenvalue weighted by Crippen LogP contribution is 2.37. The number of fused-ring (bicyclic) bond motifs is 1. The largest absolute Gasteiger partial charge is 0.392 e. The topological polar surface area (TPSA) is 147 Å². The second-order valence-corrected chi connectivity index (χ2v) is 5.05. The van der Waals surface area contributed by atoms with Gasteiger partial charge in [-0.2, -0.15) is 4.98 Å². The van der Waals surface area contributed by atoms with Crippen molar-refractivity contribution in [1.82, 2.24) is 14.5 Å². The van der Waals surface area contributed by atoms with E-state index in [0.29, 0.717) is 0 Å². The fourth-order valence-electron chi connectivity index (χ4n) is 2.57. The van der Waals surface area contributed by atoms with Gasteiger partial charge in [0.1, 0.15) is 12.2 Å². The minimum Gasteiger partial charge on any atom is -0.392 e. The van der Waals surface area contributed by atoms with E-state index in [-0.39, 0.29) is 17.0 Å². The Bertz CT molecular complexity index is 822. The number of nitrogen functional groups attached to an aromatic ring is 1.